The van der Waals surface area contributed by atoms with E-state index in [1.54, 1.807) is 49.1 Å². The molecular formula is C38H49Cl3N6O6. The van der Waals surface area contributed by atoms with Gasteiger partial charge in [-0.05, 0) is 59.8 Å². The minimum absolute atomic E-state index is 0.0611. The molecular weight excluding hydrogens is 743 g/mol. The van der Waals surface area contributed by atoms with Gasteiger partial charge in [0.15, 0.2) is 5.82 Å². The zero-order valence-electron chi connectivity index (χ0n) is 31.9. The number of rotatable bonds is 11. The van der Waals surface area contributed by atoms with Gasteiger partial charge < -0.3 is 18.9 Å². The summed E-state index contributed by atoms with van der Waals surface area (Å²) in [5.41, 5.74) is 1.80. The Labute approximate surface area is 326 Å². The number of carbonyl (C=O) groups excluding carboxylic acids is 2. The van der Waals surface area contributed by atoms with Gasteiger partial charge in [-0.1, -0.05) is 90.2 Å². The standard InChI is InChI=1S/C19H24ClN3O3.C11H18N2O.C8H7Cl2NO2/c1-6-25-17(24)12-7-8-14(21-16(12)20)23-10-9-15(22-23)26-11-13-18(2,3)19(13,4)5;1-10(2)8(11(10,3)4)7-14-9-5-6-12-13-9;1-2-13-8(12)5-3-4-6(9)11-7(5)10/h7-10,13H,6,11H2,1-5H3;5-6,8H,7H2,1-4H3,(H,12,13);3-4H,2H2,1H3. The number of halogens is 3. The number of aromatic amines is 1. The summed E-state index contributed by atoms with van der Waals surface area (Å²) in [6, 6.07) is 9.86. The number of H-pyrrole nitrogens is 1. The average Bonchev–Trinajstić information content (AvgIpc) is 3.54. The van der Waals surface area contributed by atoms with Crippen LogP contribution in [0.5, 0.6) is 11.8 Å². The molecule has 2 aliphatic carbocycles. The summed E-state index contributed by atoms with van der Waals surface area (Å²) in [6.07, 6.45) is 3.46. The molecule has 0 aromatic carbocycles. The fourth-order valence-electron chi connectivity index (χ4n) is 6.36. The van der Waals surface area contributed by atoms with E-state index >= 15 is 0 Å². The van der Waals surface area contributed by atoms with Crippen molar-refractivity contribution < 1.29 is 28.5 Å². The highest BCUT2D eigenvalue weighted by molar-refractivity contribution is 6.34. The Morgan fingerprint density at radius 3 is 1.68 bits per heavy atom. The van der Waals surface area contributed by atoms with Crippen molar-refractivity contribution in [3.8, 4) is 17.6 Å². The molecule has 0 atom stereocenters. The van der Waals surface area contributed by atoms with Gasteiger partial charge >= 0.3 is 11.9 Å². The Balaban J connectivity index is 0.000000196. The molecule has 15 heteroatoms. The maximum Gasteiger partial charge on any atom is 0.341 e. The second-order valence-corrected chi connectivity index (χ2v) is 16.2. The van der Waals surface area contributed by atoms with E-state index in [0.29, 0.717) is 47.6 Å². The van der Waals surface area contributed by atoms with Crippen LogP contribution in [-0.2, 0) is 9.47 Å². The lowest BCUT2D eigenvalue weighted by molar-refractivity contribution is 0.0516. The number of aromatic nitrogens is 6. The first-order valence-corrected chi connectivity index (χ1v) is 18.6. The van der Waals surface area contributed by atoms with Crippen LogP contribution in [0.15, 0.2) is 48.8 Å². The van der Waals surface area contributed by atoms with Gasteiger partial charge in [-0.2, -0.15) is 5.10 Å². The maximum atomic E-state index is 11.8. The molecule has 4 aromatic heterocycles. The van der Waals surface area contributed by atoms with Gasteiger partial charge in [0.1, 0.15) is 15.5 Å². The molecule has 0 bridgehead atoms. The molecule has 0 saturated heterocycles. The highest BCUT2D eigenvalue weighted by Crippen LogP contribution is 2.69. The molecule has 6 rings (SSSR count). The van der Waals surface area contributed by atoms with Crippen molar-refractivity contribution in [2.24, 2.45) is 33.5 Å². The van der Waals surface area contributed by atoms with Crippen LogP contribution >= 0.6 is 34.8 Å². The second kappa shape index (κ2) is 16.7. The number of pyridine rings is 2. The Bertz CT molecular complexity index is 1850. The lowest BCUT2D eigenvalue weighted by Gasteiger charge is -2.06. The third-order valence-electron chi connectivity index (χ3n) is 11.4. The van der Waals surface area contributed by atoms with E-state index in [1.165, 1.54) is 12.1 Å². The van der Waals surface area contributed by atoms with Crippen LogP contribution < -0.4 is 9.47 Å². The van der Waals surface area contributed by atoms with E-state index in [1.807, 2.05) is 6.07 Å². The van der Waals surface area contributed by atoms with Gasteiger partial charge in [0, 0.05) is 30.2 Å². The first-order valence-electron chi connectivity index (χ1n) is 17.4. The molecule has 2 fully saturated rings. The van der Waals surface area contributed by atoms with Crippen molar-refractivity contribution in [1.82, 2.24) is 29.9 Å². The predicted molar refractivity (Wildman–Crippen MR) is 204 cm³/mol. The zero-order valence-corrected chi connectivity index (χ0v) is 34.2. The largest absolute Gasteiger partial charge is 0.478 e. The van der Waals surface area contributed by atoms with Crippen LogP contribution in [0.3, 0.4) is 0 Å². The third-order valence-corrected chi connectivity index (χ3v) is 12.1. The molecule has 0 amide bonds. The summed E-state index contributed by atoms with van der Waals surface area (Å²) < 4.78 is 22.7. The normalized spacial score (nSPS) is 17.3. The van der Waals surface area contributed by atoms with Crippen LogP contribution in [0.4, 0.5) is 0 Å². The number of hydrogen-bond acceptors (Lipinski definition) is 10. The molecule has 1 N–H and O–H groups in total. The summed E-state index contributed by atoms with van der Waals surface area (Å²) in [7, 11) is 0. The minimum atomic E-state index is -0.490. The number of nitrogens with zero attached hydrogens (tertiary/aromatic N) is 5. The Hall–Kier alpha value is -3.87. The topological polar surface area (TPSA) is 143 Å². The summed E-state index contributed by atoms with van der Waals surface area (Å²) in [6.45, 7) is 23.7. The van der Waals surface area contributed by atoms with Crippen molar-refractivity contribution in [3.63, 3.8) is 0 Å². The van der Waals surface area contributed by atoms with E-state index in [2.05, 4.69) is 80.7 Å². The summed E-state index contributed by atoms with van der Waals surface area (Å²) >= 11 is 17.3. The van der Waals surface area contributed by atoms with E-state index in [9.17, 15) is 9.59 Å². The Morgan fingerprint density at radius 1 is 0.717 bits per heavy atom. The van der Waals surface area contributed by atoms with Crippen LogP contribution in [0, 0.1) is 33.5 Å². The molecule has 2 saturated carbocycles. The maximum absolute atomic E-state index is 11.8. The van der Waals surface area contributed by atoms with Crippen molar-refractivity contribution in [2.75, 3.05) is 26.4 Å². The number of carbonyl (C=O) groups is 2. The molecule has 4 heterocycles. The number of nitrogens with one attached hydrogen (secondary N) is 1. The highest BCUT2D eigenvalue weighted by atomic mass is 35.5. The van der Waals surface area contributed by atoms with Gasteiger partial charge in [-0.15, -0.1) is 5.10 Å². The molecule has 53 heavy (non-hydrogen) atoms. The highest BCUT2D eigenvalue weighted by Gasteiger charge is 2.65. The lowest BCUT2D eigenvalue weighted by Crippen LogP contribution is -2.08. The molecule has 4 aromatic rings. The van der Waals surface area contributed by atoms with Crippen molar-refractivity contribution in [2.45, 2.75) is 69.2 Å². The zero-order chi connectivity index (χ0) is 39.4. The van der Waals surface area contributed by atoms with Gasteiger partial charge in [0.05, 0.1) is 43.8 Å². The summed E-state index contributed by atoms with van der Waals surface area (Å²) in [4.78, 5) is 30.9. The smallest absolute Gasteiger partial charge is 0.341 e. The lowest BCUT2D eigenvalue weighted by atomic mass is 10.0. The van der Waals surface area contributed by atoms with Gasteiger partial charge in [-0.25, -0.2) is 29.3 Å². The summed E-state index contributed by atoms with van der Waals surface area (Å²) in [5.74, 6) is 1.96. The molecule has 0 aliphatic heterocycles. The van der Waals surface area contributed by atoms with Crippen molar-refractivity contribution >= 4 is 46.7 Å². The van der Waals surface area contributed by atoms with Crippen molar-refractivity contribution in [1.29, 1.82) is 0 Å². The quantitative estimate of drug-likeness (QED) is 0.115. The Morgan fingerprint density at radius 2 is 1.23 bits per heavy atom. The van der Waals surface area contributed by atoms with Gasteiger partial charge in [-0.3, -0.25) is 0 Å². The molecule has 0 spiro atoms. The Kier molecular flexibility index (Phi) is 13.2. The molecule has 0 unspecified atom stereocenters. The monoisotopic (exact) mass is 790 g/mol. The van der Waals surface area contributed by atoms with E-state index in [4.69, 9.17) is 53.8 Å². The first-order chi connectivity index (χ1) is 24.8. The number of esters is 2. The van der Waals surface area contributed by atoms with Crippen LogP contribution in [-0.4, -0.2) is 68.3 Å². The fourth-order valence-corrected chi connectivity index (χ4v) is 7.01. The SMILES string of the molecule is CC1(C)C(COc2ccn[nH]2)C1(C)C.CCOC(=O)c1ccc(-n2ccc(OCC3C(C)(C)C3(C)C)n2)nc1Cl.CCOC(=O)c1ccc(Cl)nc1Cl. The van der Waals surface area contributed by atoms with E-state index in [-0.39, 0.29) is 44.0 Å². The van der Waals surface area contributed by atoms with Crippen LogP contribution in [0.2, 0.25) is 15.5 Å². The second-order valence-electron chi connectivity index (χ2n) is 15.1. The molecule has 288 valence electrons. The van der Waals surface area contributed by atoms with Gasteiger partial charge in [0.25, 0.3) is 0 Å². The predicted octanol–water partition coefficient (Wildman–Crippen LogP) is 9.19. The third kappa shape index (κ3) is 9.45. The molecule has 0 radical (unpaired) electrons. The van der Waals surface area contributed by atoms with E-state index < -0.39 is 11.9 Å². The number of ether oxygens (including phenoxy) is 4. The summed E-state index contributed by atoms with van der Waals surface area (Å²) in [5, 5.41) is 11.4. The molecule has 2 aliphatic rings. The molecule has 12 nitrogen and oxygen atoms in total. The first kappa shape index (κ1) is 41.9. The van der Waals surface area contributed by atoms with E-state index in [0.717, 1.165) is 12.5 Å². The van der Waals surface area contributed by atoms with Crippen LogP contribution in [0.25, 0.3) is 5.82 Å². The van der Waals surface area contributed by atoms with Crippen LogP contribution in [0.1, 0.15) is 90.0 Å². The fraction of sp³-hybridized carbons (Fsp3) is 0.526. The minimum Gasteiger partial charge on any atom is -0.478 e. The van der Waals surface area contributed by atoms with Crippen molar-refractivity contribution in [3.05, 3.63) is 75.4 Å². The average molecular weight is 792 g/mol. The number of hydrogen-bond donors (Lipinski definition) is 1. The van der Waals surface area contributed by atoms with Gasteiger partial charge in [0.2, 0.25) is 11.8 Å².